The molecule has 1 unspecified atom stereocenters. The van der Waals surface area contributed by atoms with Crippen molar-refractivity contribution in [3.8, 4) is 5.75 Å². The standard InChI is InChI=1S/C16H18BrNO2/c1-12-7-8-15(17)16(9-12)18-10-13(19)11-20-14-5-3-2-4-6-14/h2-9,13,18-19H,10-11H2,1H3. The van der Waals surface area contributed by atoms with Gasteiger partial charge in [0.1, 0.15) is 18.5 Å². The van der Waals surface area contributed by atoms with Gasteiger partial charge in [-0.05, 0) is 52.7 Å². The molecule has 0 saturated heterocycles. The van der Waals surface area contributed by atoms with E-state index in [1.807, 2.05) is 55.5 Å². The Bertz CT molecular complexity index is 545. The van der Waals surface area contributed by atoms with Crippen LogP contribution in [-0.4, -0.2) is 24.4 Å². The highest BCUT2D eigenvalue weighted by molar-refractivity contribution is 9.10. The van der Waals surface area contributed by atoms with Crippen LogP contribution in [0.4, 0.5) is 5.69 Å². The van der Waals surface area contributed by atoms with E-state index in [9.17, 15) is 5.11 Å². The van der Waals surface area contributed by atoms with E-state index in [4.69, 9.17) is 4.74 Å². The topological polar surface area (TPSA) is 41.5 Å². The summed E-state index contributed by atoms with van der Waals surface area (Å²) in [6.45, 7) is 2.74. The highest BCUT2D eigenvalue weighted by atomic mass is 79.9. The number of hydrogen-bond donors (Lipinski definition) is 2. The monoisotopic (exact) mass is 335 g/mol. The molecular weight excluding hydrogens is 318 g/mol. The van der Waals surface area contributed by atoms with Crippen LogP contribution in [0.2, 0.25) is 0 Å². The minimum atomic E-state index is -0.567. The van der Waals surface area contributed by atoms with Gasteiger partial charge in [-0.15, -0.1) is 0 Å². The Morgan fingerprint density at radius 1 is 1.20 bits per heavy atom. The summed E-state index contributed by atoms with van der Waals surface area (Å²) in [4.78, 5) is 0. The number of nitrogens with one attached hydrogen (secondary N) is 1. The number of para-hydroxylation sites is 1. The Hall–Kier alpha value is -1.52. The van der Waals surface area contributed by atoms with Gasteiger partial charge in [-0.1, -0.05) is 24.3 Å². The van der Waals surface area contributed by atoms with Crippen molar-refractivity contribution in [3.05, 3.63) is 58.6 Å². The van der Waals surface area contributed by atoms with Crippen molar-refractivity contribution < 1.29 is 9.84 Å². The maximum atomic E-state index is 9.93. The molecule has 2 aromatic carbocycles. The fourth-order valence-electron chi connectivity index (χ4n) is 1.77. The molecular formula is C16H18BrNO2. The van der Waals surface area contributed by atoms with E-state index < -0.39 is 6.10 Å². The zero-order valence-electron chi connectivity index (χ0n) is 11.3. The van der Waals surface area contributed by atoms with Gasteiger partial charge in [0.2, 0.25) is 0 Å². The number of halogens is 1. The highest BCUT2D eigenvalue weighted by Crippen LogP contribution is 2.23. The first-order valence-corrected chi connectivity index (χ1v) is 7.30. The molecule has 0 radical (unpaired) electrons. The fraction of sp³-hybridized carbons (Fsp3) is 0.250. The van der Waals surface area contributed by atoms with E-state index in [0.717, 1.165) is 15.9 Å². The Labute approximate surface area is 127 Å². The lowest BCUT2D eigenvalue weighted by molar-refractivity contribution is 0.117. The molecule has 0 aliphatic heterocycles. The van der Waals surface area contributed by atoms with E-state index in [-0.39, 0.29) is 6.61 Å². The molecule has 0 fully saturated rings. The van der Waals surface area contributed by atoms with Crippen molar-refractivity contribution in [1.29, 1.82) is 0 Å². The van der Waals surface area contributed by atoms with Crippen molar-refractivity contribution in [1.82, 2.24) is 0 Å². The lowest BCUT2D eigenvalue weighted by atomic mass is 10.2. The number of benzene rings is 2. The van der Waals surface area contributed by atoms with Gasteiger partial charge < -0.3 is 15.2 Å². The van der Waals surface area contributed by atoms with E-state index in [1.54, 1.807) is 0 Å². The molecule has 0 heterocycles. The molecule has 0 bridgehead atoms. The van der Waals surface area contributed by atoms with E-state index in [1.165, 1.54) is 5.56 Å². The molecule has 4 heteroatoms. The van der Waals surface area contributed by atoms with Crippen molar-refractivity contribution in [2.24, 2.45) is 0 Å². The lowest BCUT2D eigenvalue weighted by Gasteiger charge is -2.15. The number of aliphatic hydroxyl groups is 1. The molecule has 0 aliphatic carbocycles. The van der Waals surface area contributed by atoms with E-state index >= 15 is 0 Å². The van der Waals surface area contributed by atoms with Crippen molar-refractivity contribution >= 4 is 21.6 Å². The predicted octanol–water partition coefficient (Wildman–Crippen LogP) is 3.61. The summed E-state index contributed by atoms with van der Waals surface area (Å²) in [6, 6.07) is 15.5. The molecule has 2 N–H and O–H groups in total. The van der Waals surface area contributed by atoms with Gasteiger partial charge in [-0.2, -0.15) is 0 Å². The van der Waals surface area contributed by atoms with Crippen LogP contribution in [-0.2, 0) is 0 Å². The summed E-state index contributed by atoms with van der Waals surface area (Å²) < 4.78 is 6.49. The molecule has 3 nitrogen and oxygen atoms in total. The van der Waals surface area contributed by atoms with Crippen LogP contribution in [0.15, 0.2) is 53.0 Å². The summed E-state index contributed by atoms with van der Waals surface area (Å²) >= 11 is 3.48. The third-order valence-electron chi connectivity index (χ3n) is 2.84. The van der Waals surface area contributed by atoms with Gasteiger partial charge in [0, 0.05) is 16.7 Å². The molecule has 2 aromatic rings. The summed E-state index contributed by atoms with van der Waals surface area (Å²) in [5.74, 6) is 0.767. The van der Waals surface area contributed by atoms with Gasteiger partial charge in [0.15, 0.2) is 0 Å². The van der Waals surface area contributed by atoms with Crippen molar-refractivity contribution in [2.75, 3.05) is 18.5 Å². The largest absolute Gasteiger partial charge is 0.491 e. The quantitative estimate of drug-likeness (QED) is 0.847. The second kappa shape index (κ2) is 7.31. The van der Waals surface area contributed by atoms with Crippen LogP contribution < -0.4 is 10.1 Å². The van der Waals surface area contributed by atoms with Gasteiger partial charge in [0.05, 0.1) is 0 Å². The van der Waals surface area contributed by atoms with Crippen LogP contribution >= 0.6 is 15.9 Å². The number of aryl methyl sites for hydroxylation is 1. The first kappa shape index (κ1) is 14.9. The van der Waals surface area contributed by atoms with Crippen LogP contribution in [0.3, 0.4) is 0 Å². The summed E-state index contributed by atoms with van der Waals surface area (Å²) in [6.07, 6.45) is -0.567. The number of aliphatic hydroxyl groups excluding tert-OH is 1. The number of rotatable bonds is 6. The third kappa shape index (κ3) is 4.54. The maximum absolute atomic E-state index is 9.93. The Kier molecular flexibility index (Phi) is 5.44. The van der Waals surface area contributed by atoms with Crippen LogP contribution in [0.5, 0.6) is 5.75 Å². The van der Waals surface area contributed by atoms with Crippen molar-refractivity contribution in [2.45, 2.75) is 13.0 Å². The van der Waals surface area contributed by atoms with Crippen LogP contribution in [0, 0.1) is 6.92 Å². The van der Waals surface area contributed by atoms with Crippen LogP contribution in [0.1, 0.15) is 5.56 Å². The molecule has 1 atom stereocenters. The first-order chi connectivity index (χ1) is 9.65. The number of anilines is 1. The van der Waals surface area contributed by atoms with E-state index in [0.29, 0.717) is 6.54 Å². The molecule has 0 aliphatic rings. The molecule has 2 rings (SSSR count). The number of ether oxygens (including phenoxy) is 1. The maximum Gasteiger partial charge on any atom is 0.119 e. The Balaban J connectivity index is 1.80. The van der Waals surface area contributed by atoms with Gasteiger partial charge >= 0.3 is 0 Å². The average molecular weight is 336 g/mol. The summed E-state index contributed by atoms with van der Waals surface area (Å²) in [5, 5.41) is 13.1. The molecule has 106 valence electrons. The van der Waals surface area contributed by atoms with Gasteiger partial charge in [-0.25, -0.2) is 0 Å². The normalized spacial score (nSPS) is 11.9. The average Bonchev–Trinajstić information content (AvgIpc) is 2.47. The van der Waals surface area contributed by atoms with Gasteiger partial charge in [-0.3, -0.25) is 0 Å². The third-order valence-corrected chi connectivity index (χ3v) is 3.53. The zero-order chi connectivity index (χ0) is 14.4. The molecule has 0 spiro atoms. The zero-order valence-corrected chi connectivity index (χ0v) is 12.9. The molecule has 20 heavy (non-hydrogen) atoms. The Morgan fingerprint density at radius 2 is 1.95 bits per heavy atom. The highest BCUT2D eigenvalue weighted by Gasteiger charge is 2.07. The summed E-state index contributed by atoms with van der Waals surface area (Å²) in [5.41, 5.74) is 2.15. The smallest absolute Gasteiger partial charge is 0.119 e. The van der Waals surface area contributed by atoms with Crippen LogP contribution in [0.25, 0.3) is 0 Å². The lowest BCUT2D eigenvalue weighted by Crippen LogP contribution is -2.26. The SMILES string of the molecule is Cc1ccc(Br)c(NCC(O)COc2ccccc2)c1. The molecule has 0 aromatic heterocycles. The van der Waals surface area contributed by atoms with Crippen molar-refractivity contribution in [3.63, 3.8) is 0 Å². The fourth-order valence-corrected chi connectivity index (χ4v) is 2.16. The first-order valence-electron chi connectivity index (χ1n) is 6.51. The second-order valence-corrected chi connectivity index (χ2v) is 5.50. The van der Waals surface area contributed by atoms with E-state index in [2.05, 4.69) is 21.2 Å². The minimum absolute atomic E-state index is 0.264. The molecule has 0 saturated carbocycles. The molecule has 0 amide bonds. The predicted molar refractivity (Wildman–Crippen MR) is 85.3 cm³/mol. The minimum Gasteiger partial charge on any atom is -0.491 e. The van der Waals surface area contributed by atoms with Gasteiger partial charge in [0.25, 0.3) is 0 Å². The second-order valence-electron chi connectivity index (χ2n) is 4.64. The number of hydrogen-bond acceptors (Lipinski definition) is 3. The Morgan fingerprint density at radius 3 is 2.70 bits per heavy atom. The summed E-state index contributed by atoms with van der Waals surface area (Å²) in [7, 11) is 0.